The van der Waals surface area contributed by atoms with E-state index in [1.165, 1.54) is 0 Å². The van der Waals surface area contributed by atoms with Gasteiger partial charge >= 0.3 is 5.97 Å². The smallest absolute Gasteiger partial charge is 0.334 e. The number of aromatic nitrogens is 2. The van der Waals surface area contributed by atoms with Gasteiger partial charge in [0.2, 0.25) is 0 Å². The minimum atomic E-state index is -0.973. The van der Waals surface area contributed by atoms with Gasteiger partial charge in [0.15, 0.2) is 6.10 Å². The summed E-state index contributed by atoms with van der Waals surface area (Å²) in [5, 5.41) is 9.53. The second-order valence-electron chi connectivity index (χ2n) is 4.96. The van der Waals surface area contributed by atoms with E-state index in [1.807, 2.05) is 11.0 Å². The third-order valence-electron chi connectivity index (χ3n) is 3.46. The molecular weight excluding hydrogens is 345 g/mol. The van der Waals surface area contributed by atoms with E-state index in [9.17, 15) is 9.59 Å². The molecule has 126 valence electrons. The standard InChI is InChI=1S/C14H15N3O4.2ClH/c18-13-9-3-1-2-4-10(9)15-12(16-13)8-17-5-6-21-11(7-17)14(19)20;;/h1-4,11H,5-8H2,(H,19,20)(H,15,16,18);2*1H. The van der Waals surface area contributed by atoms with E-state index in [0.717, 1.165) is 0 Å². The van der Waals surface area contributed by atoms with E-state index >= 15 is 0 Å². The Morgan fingerprint density at radius 3 is 2.87 bits per heavy atom. The van der Waals surface area contributed by atoms with Gasteiger partial charge in [-0.1, -0.05) is 12.1 Å². The van der Waals surface area contributed by atoms with Gasteiger partial charge in [0.25, 0.3) is 5.56 Å². The molecule has 2 heterocycles. The average Bonchev–Trinajstić information content (AvgIpc) is 2.47. The van der Waals surface area contributed by atoms with Crippen molar-refractivity contribution in [3.63, 3.8) is 0 Å². The van der Waals surface area contributed by atoms with E-state index in [0.29, 0.717) is 36.4 Å². The number of carboxylic acid groups (broad SMARTS) is 1. The summed E-state index contributed by atoms with van der Waals surface area (Å²) in [4.78, 5) is 32.0. The SMILES string of the molecule is Cl.Cl.O=C(O)C1CN(Cc2nc3ccccc3c(=O)[nH]2)CCO1. The molecule has 1 aliphatic rings. The number of fused-ring (bicyclic) bond motifs is 1. The van der Waals surface area contributed by atoms with Crippen LogP contribution in [0.5, 0.6) is 0 Å². The molecule has 1 atom stereocenters. The summed E-state index contributed by atoms with van der Waals surface area (Å²) in [6, 6.07) is 7.12. The Balaban J connectivity index is 0.00000132. The first kappa shape index (κ1) is 19.4. The number of halogens is 2. The van der Waals surface area contributed by atoms with Crippen LogP contribution in [0.1, 0.15) is 5.82 Å². The van der Waals surface area contributed by atoms with Gasteiger partial charge in [0.1, 0.15) is 5.82 Å². The molecule has 1 unspecified atom stereocenters. The Labute approximate surface area is 144 Å². The van der Waals surface area contributed by atoms with Crippen molar-refractivity contribution in [2.24, 2.45) is 0 Å². The number of para-hydroxylation sites is 1. The quantitative estimate of drug-likeness (QED) is 0.848. The fourth-order valence-electron chi connectivity index (χ4n) is 2.42. The molecule has 0 amide bonds. The lowest BCUT2D eigenvalue weighted by Gasteiger charge is -2.30. The normalized spacial score (nSPS) is 18.0. The minimum Gasteiger partial charge on any atom is -0.479 e. The maximum Gasteiger partial charge on any atom is 0.334 e. The first-order valence-corrected chi connectivity index (χ1v) is 6.68. The summed E-state index contributed by atoms with van der Waals surface area (Å²) >= 11 is 0. The number of rotatable bonds is 3. The average molecular weight is 362 g/mol. The Morgan fingerprint density at radius 1 is 1.39 bits per heavy atom. The van der Waals surface area contributed by atoms with Crippen LogP contribution in [0.2, 0.25) is 0 Å². The molecule has 1 aliphatic heterocycles. The van der Waals surface area contributed by atoms with Crippen LogP contribution in [0.25, 0.3) is 10.9 Å². The molecule has 2 N–H and O–H groups in total. The monoisotopic (exact) mass is 361 g/mol. The molecule has 7 nitrogen and oxygen atoms in total. The van der Waals surface area contributed by atoms with E-state index in [2.05, 4.69) is 9.97 Å². The van der Waals surface area contributed by atoms with Crippen molar-refractivity contribution in [3.8, 4) is 0 Å². The summed E-state index contributed by atoms with van der Waals surface area (Å²) < 4.78 is 5.17. The van der Waals surface area contributed by atoms with Crippen LogP contribution in [0.3, 0.4) is 0 Å². The molecule has 1 aromatic heterocycles. The molecule has 1 fully saturated rings. The molecular formula is C14H17Cl2N3O4. The van der Waals surface area contributed by atoms with Crippen LogP contribution < -0.4 is 5.56 Å². The predicted molar refractivity (Wildman–Crippen MR) is 89.5 cm³/mol. The molecule has 0 spiro atoms. The summed E-state index contributed by atoms with van der Waals surface area (Å²) in [5.41, 5.74) is 0.456. The highest BCUT2D eigenvalue weighted by Gasteiger charge is 2.26. The fourth-order valence-corrected chi connectivity index (χ4v) is 2.42. The topological polar surface area (TPSA) is 95.5 Å². The highest BCUT2D eigenvalue weighted by atomic mass is 35.5. The molecule has 0 saturated carbocycles. The summed E-state index contributed by atoms with van der Waals surface area (Å²) in [5.74, 6) is -0.440. The van der Waals surface area contributed by atoms with Crippen LogP contribution in [0.4, 0.5) is 0 Å². The molecule has 9 heteroatoms. The van der Waals surface area contributed by atoms with Crippen molar-refractivity contribution in [2.45, 2.75) is 12.6 Å². The highest BCUT2D eigenvalue weighted by Crippen LogP contribution is 2.10. The van der Waals surface area contributed by atoms with Gasteiger partial charge in [-0.15, -0.1) is 24.8 Å². The van der Waals surface area contributed by atoms with Crippen molar-refractivity contribution in [1.29, 1.82) is 0 Å². The van der Waals surface area contributed by atoms with Crippen LogP contribution in [0, 0.1) is 0 Å². The maximum absolute atomic E-state index is 12.0. The molecule has 1 saturated heterocycles. The van der Waals surface area contributed by atoms with Crippen molar-refractivity contribution >= 4 is 41.7 Å². The molecule has 1 aromatic carbocycles. The van der Waals surface area contributed by atoms with Gasteiger partial charge < -0.3 is 14.8 Å². The van der Waals surface area contributed by atoms with Crippen molar-refractivity contribution in [1.82, 2.24) is 14.9 Å². The largest absolute Gasteiger partial charge is 0.479 e. The first-order chi connectivity index (χ1) is 10.1. The van der Waals surface area contributed by atoms with Gasteiger partial charge in [-0.05, 0) is 12.1 Å². The van der Waals surface area contributed by atoms with Gasteiger partial charge in [-0.25, -0.2) is 9.78 Å². The molecule has 3 rings (SSSR count). The number of benzene rings is 1. The Morgan fingerprint density at radius 2 is 2.13 bits per heavy atom. The van der Waals surface area contributed by atoms with E-state index in [-0.39, 0.29) is 36.9 Å². The number of nitrogens with one attached hydrogen (secondary N) is 1. The minimum absolute atomic E-state index is 0. The van der Waals surface area contributed by atoms with Gasteiger partial charge in [-0.3, -0.25) is 9.69 Å². The number of aromatic amines is 1. The first-order valence-electron chi connectivity index (χ1n) is 6.68. The Kier molecular flexibility index (Phi) is 6.96. The number of aliphatic carboxylic acids is 1. The summed E-state index contributed by atoms with van der Waals surface area (Å²) in [6.45, 7) is 1.65. The third kappa shape index (κ3) is 4.42. The van der Waals surface area contributed by atoms with Crippen LogP contribution in [-0.4, -0.2) is 51.7 Å². The summed E-state index contributed by atoms with van der Waals surface area (Å²) in [6.07, 6.45) is -0.828. The molecule has 2 aromatic rings. The van der Waals surface area contributed by atoms with Gasteiger partial charge in [-0.2, -0.15) is 0 Å². The lowest BCUT2D eigenvalue weighted by Crippen LogP contribution is -2.45. The number of carboxylic acids is 1. The van der Waals surface area contributed by atoms with Crippen LogP contribution in [-0.2, 0) is 16.1 Å². The summed E-state index contributed by atoms with van der Waals surface area (Å²) in [7, 11) is 0. The predicted octanol–water partition coefficient (Wildman–Crippen LogP) is 1.05. The number of hydrogen-bond donors (Lipinski definition) is 2. The number of hydrogen-bond acceptors (Lipinski definition) is 5. The number of ether oxygens (including phenoxy) is 1. The molecule has 0 radical (unpaired) electrons. The zero-order chi connectivity index (χ0) is 14.8. The van der Waals surface area contributed by atoms with Gasteiger partial charge in [0, 0.05) is 13.1 Å². The van der Waals surface area contributed by atoms with Crippen molar-refractivity contribution < 1.29 is 14.6 Å². The van der Waals surface area contributed by atoms with E-state index < -0.39 is 12.1 Å². The number of carbonyl (C=O) groups is 1. The fraction of sp³-hybridized carbons (Fsp3) is 0.357. The van der Waals surface area contributed by atoms with E-state index in [4.69, 9.17) is 9.84 Å². The Hall–Kier alpha value is -1.67. The lowest BCUT2D eigenvalue weighted by molar-refractivity contribution is -0.156. The number of H-pyrrole nitrogens is 1. The zero-order valence-electron chi connectivity index (χ0n) is 12.1. The zero-order valence-corrected chi connectivity index (χ0v) is 13.7. The van der Waals surface area contributed by atoms with Crippen LogP contribution in [0.15, 0.2) is 29.1 Å². The second-order valence-corrected chi connectivity index (χ2v) is 4.96. The molecule has 0 aliphatic carbocycles. The third-order valence-corrected chi connectivity index (χ3v) is 3.46. The number of nitrogens with zero attached hydrogens (tertiary/aromatic N) is 2. The highest BCUT2D eigenvalue weighted by molar-refractivity contribution is 5.85. The lowest BCUT2D eigenvalue weighted by atomic mass is 10.2. The molecule has 23 heavy (non-hydrogen) atoms. The van der Waals surface area contributed by atoms with Crippen molar-refractivity contribution in [2.75, 3.05) is 19.7 Å². The second kappa shape index (κ2) is 8.26. The van der Waals surface area contributed by atoms with Crippen molar-refractivity contribution in [3.05, 3.63) is 40.4 Å². The van der Waals surface area contributed by atoms with Crippen LogP contribution >= 0.6 is 24.8 Å². The number of morpholine rings is 1. The van der Waals surface area contributed by atoms with E-state index in [1.54, 1.807) is 18.2 Å². The van der Waals surface area contributed by atoms with Gasteiger partial charge in [0.05, 0.1) is 24.1 Å². The Bertz CT molecular complexity index is 737. The molecule has 0 bridgehead atoms. The maximum atomic E-state index is 12.0.